The number of halogens is 2. The summed E-state index contributed by atoms with van der Waals surface area (Å²) in [6.07, 6.45) is -0.839. The number of alkyl halides is 2. The van der Waals surface area contributed by atoms with Crippen LogP contribution in [0.25, 0.3) is 11.5 Å². The fourth-order valence-electron chi connectivity index (χ4n) is 3.15. The van der Waals surface area contributed by atoms with Crippen LogP contribution < -0.4 is 10.4 Å². The maximum atomic E-state index is 12.6. The summed E-state index contributed by atoms with van der Waals surface area (Å²) in [6.45, 7) is -1.27. The van der Waals surface area contributed by atoms with Gasteiger partial charge in [-0.3, -0.25) is 0 Å². The van der Waals surface area contributed by atoms with Gasteiger partial charge in [0, 0.05) is 6.42 Å². The lowest BCUT2D eigenvalue weighted by Gasteiger charge is -2.14. The summed E-state index contributed by atoms with van der Waals surface area (Å²) >= 11 is 0. The zero-order valence-corrected chi connectivity index (χ0v) is 14.6. The highest BCUT2D eigenvalue weighted by atomic mass is 19.3. The number of esters is 1. The average molecular weight is 388 g/mol. The number of aromatic amines is 1. The van der Waals surface area contributed by atoms with Crippen LogP contribution in [0.2, 0.25) is 0 Å². The normalized spacial score (nSPS) is 15.6. The van der Waals surface area contributed by atoms with E-state index in [9.17, 15) is 18.4 Å². The molecule has 0 fully saturated rings. The van der Waals surface area contributed by atoms with E-state index >= 15 is 0 Å². The Kier molecular flexibility index (Phi) is 4.42. The van der Waals surface area contributed by atoms with Gasteiger partial charge in [0.15, 0.2) is 5.76 Å². The average Bonchev–Trinajstić information content (AvgIpc) is 3.20. The Morgan fingerprint density at radius 3 is 2.71 bits per heavy atom. The molecule has 3 aromatic rings. The van der Waals surface area contributed by atoms with E-state index in [-0.39, 0.29) is 34.9 Å². The van der Waals surface area contributed by atoms with E-state index in [1.165, 1.54) is 6.07 Å². The molecule has 28 heavy (non-hydrogen) atoms. The number of rotatable bonds is 5. The lowest BCUT2D eigenvalue weighted by molar-refractivity contribution is -0.0508. The van der Waals surface area contributed by atoms with Gasteiger partial charge in [0.1, 0.15) is 28.9 Å². The van der Waals surface area contributed by atoms with Gasteiger partial charge in [-0.15, -0.1) is 0 Å². The van der Waals surface area contributed by atoms with Crippen molar-refractivity contribution in [1.82, 2.24) is 9.97 Å². The molecule has 0 saturated carbocycles. The number of para-hydroxylation sites is 1. The molecule has 3 heterocycles. The van der Waals surface area contributed by atoms with E-state index in [4.69, 9.17) is 9.15 Å². The SMILES string of the molecule is Cc1ccc(-c2nc(=O)[nH]c3c2C(=O)OC3Cc2ccccc2OC(F)F)o1. The zero-order valence-electron chi connectivity index (χ0n) is 14.6. The summed E-state index contributed by atoms with van der Waals surface area (Å²) in [5.74, 6) is 0.144. The van der Waals surface area contributed by atoms with E-state index in [2.05, 4.69) is 14.7 Å². The molecule has 2 aromatic heterocycles. The zero-order chi connectivity index (χ0) is 19.8. The van der Waals surface area contributed by atoms with Gasteiger partial charge in [-0.1, -0.05) is 18.2 Å². The van der Waals surface area contributed by atoms with Crippen LogP contribution in [0.1, 0.15) is 33.5 Å². The predicted octanol–water partition coefficient (Wildman–Crippen LogP) is 3.39. The van der Waals surface area contributed by atoms with Gasteiger partial charge in [-0.25, -0.2) is 9.59 Å². The Labute approximate surface area is 156 Å². The molecular formula is C19H14F2N2O5. The summed E-state index contributed by atoms with van der Waals surface area (Å²) in [6, 6.07) is 9.46. The summed E-state index contributed by atoms with van der Waals surface area (Å²) in [5.41, 5.74) is 0.119. The number of carbonyl (C=O) groups is 1. The van der Waals surface area contributed by atoms with E-state index in [0.29, 0.717) is 11.3 Å². The van der Waals surface area contributed by atoms with Crippen LogP contribution in [0, 0.1) is 6.92 Å². The summed E-state index contributed by atoms with van der Waals surface area (Å²) < 4.78 is 40.7. The smallest absolute Gasteiger partial charge is 0.387 e. The Hall–Kier alpha value is -3.49. The van der Waals surface area contributed by atoms with Crippen molar-refractivity contribution in [3.8, 4) is 17.2 Å². The molecule has 144 valence electrons. The number of H-pyrrole nitrogens is 1. The maximum Gasteiger partial charge on any atom is 0.387 e. The number of ether oxygens (including phenoxy) is 2. The Morgan fingerprint density at radius 2 is 2.00 bits per heavy atom. The second kappa shape index (κ2) is 6.91. The first kappa shape index (κ1) is 17.9. The predicted molar refractivity (Wildman–Crippen MR) is 92.2 cm³/mol. The standard InChI is InChI=1S/C19H14F2N2O5/c1-9-6-7-12(26-9)15-14-16(23-19(25)22-15)13(27-17(14)24)8-10-4-2-3-5-11(10)28-18(20)21/h2-7,13,18H,8H2,1H3,(H,22,23,25). The van der Waals surface area contributed by atoms with E-state index < -0.39 is 24.4 Å². The van der Waals surface area contributed by atoms with Gasteiger partial charge >= 0.3 is 18.3 Å². The molecule has 4 rings (SSSR count). The number of nitrogens with zero attached hydrogens (tertiary/aromatic N) is 1. The molecule has 0 aliphatic carbocycles. The van der Waals surface area contributed by atoms with Crippen LogP contribution in [0.4, 0.5) is 8.78 Å². The highest BCUT2D eigenvalue weighted by Crippen LogP contribution is 2.37. The number of furan rings is 1. The lowest BCUT2D eigenvalue weighted by Crippen LogP contribution is -2.17. The van der Waals surface area contributed by atoms with Gasteiger partial charge in [-0.2, -0.15) is 13.8 Å². The Balaban J connectivity index is 1.75. The topological polar surface area (TPSA) is 94.4 Å². The van der Waals surface area contributed by atoms with Crippen molar-refractivity contribution in [2.24, 2.45) is 0 Å². The van der Waals surface area contributed by atoms with E-state index in [1.54, 1.807) is 37.3 Å². The van der Waals surface area contributed by atoms with Crippen LogP contribution in [-0.4, -0.2) is 22.5 Å². The second-order valence-corrected chi connectivity index (χ2v) is 6.17. The van der Waals surface area contributed by atoms with Gasteiger partial charge in [0.25, 0.3) is 0 Å². The molecule has 1 N–H and O–H groups in total. The molecule has 0 radical (unpaired) electrons. The maximum absolute atomic E-state index is 12.6. The molecule has 1 atom stereocenters. The summed E-state index contributed by atoms with van der Waals surface area (Å²) in [4.78, 5) is 30.9. The lowest BCUT2D eigenvalue weighted by atomic mass is 10.0. The van der Waals surface area contributed by atoms with E-state index in [0.717, 1.165) is 0 Å². The molecule has 0 saturated heterocycles. The number of nitrogens with one attached hydrogen (secondary N) is 1. The Bertz CT molecular complexity index is 1110. The number of aromatic nitrogens is 2. The minimum atomic E-state index is -2.99. The number of cyclic esters (lactones) is 1. The first-order valence-corrected chi connectivity index (χ1v) is 8.37. The van der Waals surface area contributed by atoms with Gasteiger partial charge in [0.05, 0.1) is 5.69 Å². The number of hydrogen-bond donors (Lipinski definition) is 1. The van der Waals surface area contributed by atoms with Crippen molar-refractivity contribution >= 4 is 5.97 Å². The van der Waals surface area contributed by atoms with Crippen molar-refractivity contribution < 1.29 is 27.5 Å². The van der Waals surface area contributed by atoms with Crippen LogP contribution in [0.3, 0.4) is 0 Å². The number of aryl methyl sites for hydroxylation is 1. The quantitative estimate of drug-likeness (QED) is 0.674. The van der Waals surface area contributed by atoms with Crippen molar-refractivity contribution in [1.29, 1.82) is 0 Å². The number of hydrogen-bond acceptors (Lipinski definition) is 6. The molecule has 1 aliphatic rings. The third-order valence-electron chi connectivity index (χ3n) is 4.30. The number of carbonyl (C=O) groups excluding carboxylic acids is 1. The first-order valence-electron chi connectivity index (χ1n) is 8.37. The van der Waals surface area contributed by atoms with Crippen LogP contribution in [0.5, 0.6) is 5.75 Å². The molecule has 0 amide bonds. The third-order valence-corrected chi connectivity index (χ3v) is 4.30. The monoisotopic (exact) mass is 388 g/mol. The molecule has 1 unspecified atom stereocenters. The molecule has 1 aliphatic heterocycles. The largest absolute Gasteiger partial charge is 0.460 e. The first-order chi connectivity index (χ1) is 13.4. The molecule has 9 heteroatoms. The number of fused-ring (bicyclic) bond motifs is 1. The molecule has 0 spiro atoms. The summed E-state index contributed by atoms with van der Waals surface area (Å²) in [7, 11) is 0. The highest BCUT2D eigenvalue weighted by Gasteiger charge is 2.37. The van der Waals surface area contributed by atoms with Crippen molar-refractivity contribution in [2.45, 2.75) is 26.1 Å². The van der Waals surface area contributed by atoms with Crippen molar-refractivity contribution in [3.63, 3.8) is 0 Å². The van der Waals surface area contributed by atoms with E-state index in [1.807, 2.05) is 0 Å². The van der Waals surface area contributed by atoms with Gasteiger partial charge < -0.3 is 18.9 Å². The van der Waals surface area contributed by atoms with Crippen molar-refractivity contribution in [2.75, 3.05) is 0 Å². The minimum absolute atomic E-state index is 0.0275. The fourth-order valence-corrected chi connectivity index (χ4v) is 3.15. The highest BCUT2D eigenvalue weighted by molar-refractivity contribution is 5.99. The molecule has 0 bridgehead atoms. The number of benzene rings is 1. The second-order valence-electron chi connectivity index (χ2n) is 6.17. The van der Waals surface area contributed by atoms with Crippen LogP contribution >= 0.6 is 0 Å². The third kappa shape index (κ3) is 3.26. The Morgan fingerprint density at radius 1 is 1.21 bits per heavy atom. The summed E-state index contributed by atoms with van der Waals surface area (Å²) in [5, 5.41) is 0. The van der Waals surface area contributed by atoms with Crippen molar-refractivity contribution in [3.05, 3.63) is 69.5 Å². The van der Waals surface area contributed by atoms with Gasteiger partial charge in [0.2, 0.25) is 0 Å². The van der Waals surface area contributed by atoms with Crippen LogP contribution in [-0.2, 0) is 11.2 Å². The molecular weight excluding hydrogens is 374 g/mol. The van der Waals surface area contributed by atoms with Crippen LogP contribution in [0.15, 0.2) is 45.6 Å². The fraction of sp³-hybridized carbons (Fsp3) is 0.211. The molecule has 7 nitrogen and oxygen atoms in total. The molecule has 1 aromatic carbocycles. The minimum Gasteiger partial charge on any atom is -0.460 e. The van der Waals surface area contributed by atoms with Gasteiger partial charge in [-0.05, 0) is 30.7 Å².